The first-order valence-corrected chi connectivity index (χ1v) is 11.8. The Labute approximate surface area is 205 Å². The molecule has 9 heteroatoms. The Balaban J connectivity index is 1.36. The monoisotopic (exact) mass is 496 g/mol. The van der Waals surface area contributed by atoms with E-state index in [0.717, 1.165) is 38.2 Å². The van der Waals surface area contributed by atoms with Crippen LogP contribution in [0.25, 0.3) is 16.9 Å². The van der Waals surface area contributed by atoms with Gasteiger partial charge in [-0.3, -0.25) is 4.79 Å². The number of benzene rings is 2. The van der Waals surface area contributed by atoms with Gasteiger partial charge in [0.1, 0.15) is 11.5 Å². The van der Waals surface area contributed by atoms with Gasteiger partial charge in [0.25, 0.3) is 5.91 Å². The van der Waals surface area contributed by atoms with E-state index in [2.05, 4.69) is 15.2 Å². The lowest BCUT2D eigenvalue weighted by atomic mass is 10.0. The third kappa shape index (κ3) is 5.11. The smallest absolute Gasteiger partial charge is 0.322 e. The third-order valence-corrected chi connectivity index (χ3v) is 6.42. The second kappa shape index (κ2) is 9.73. The molecule has 3 heterocycles. The van der Waals surface area contributed by atoms with Crippen molar-refractivity contribution in [1.82, 2.24) is 14.3 Å². The maximum atomic E-state index is 13.5. The summed E-state index contributed by atoms with van der Waals surface area (Å²) in [5, 5.41) is 2.83. The van der Waals surface area contributed by atoms with Crippen LogP contribution in [0.15, 0.2) is 67.0 Å². The molecule has 1 amide bonds. The van der Waals surface area contributed by atoms with Gasteiger partial charge in [-0.25, -0.2) is 9.37 Å². The fourth-order valence-electron chi connectivity index (χ4n) is 4.54. The summed E-state index contributed by atoms with van der Waals surface area (Å²) < 4.78 is 55.5. The molecule has 1 fully saturated rings. The molecule has 2 aromatic carbocycles. The van der Waals surface area contributed by atoms with Crippen LogP contribution in [0.4, 0.5) is 23.2 Å². The minimum absolute atomic E-state index is 0.00932. The van der Waals surface area contributed by atoms with E-state index in [1.54, 1.807) is 18.3 Å². The number of fused-ring (bicyclic) bond motifs is 1. The second-order valence-corrected chi connectivity index (χ2v) is 8.92. The highest BCUT2D eigenvalue weighted by Gasteiger charge is 2.35. The fourth-order valence-corrected chi connectivity index (χ4v) is 4.54. The molecule has 1 aliphatic heterocycles. The van der Waals surface area contributed by atoms with Crippen LogP contribution < -0.4 is 5.32 Å². The predicted molar refractivity (Wildman–Crippen MR) is 129 cm³/mol. The maximum absolute atomic E-state index is 13.5. The number of likely N-dealkylation sites (tertiary alicyclic amines) is 1. The van der Waals surface area contributed by atoms with Crippen molar-refractivity contribution >= 4 is 17.2 Å². The summed E-state index contributed by atoms with van der Waals surface area (Å²) >= 11 is 0. The summed E-state index contributed by atoms with van der Waals surface area (Å²) in [4.78, 5) is 19.8. The highest BCUT2D eigenvalue weighted by Crippen LogP contribution is 2.37. The molecule has 1 aliphatic rings. The molecule has 0 unspecified atom stereocenters. The van der Waals surface area contributed by atoms with Crippen LogP contribution in [0.2, 0.25) is 0 Å². The predicted octanol–water partition coefficient (Wildman–Crippen LogP) is 6.05. The van der Waals surface area contributed by atoms with Gasteiger partial charge in [0.05, 0.1) is 16.8 Å². The van der Waals surface area contributed by atoms with Crippen LogP contribution in [-0.2, 0) is 12.6 Å². The molecule has 1 N–H and O–H groups in total. The fraction of sp³-hybridized carbons (Fsp3) is 0.259. The van der Waals surface area contributed by atoms with Gasteiger partial charge in [-0.05, 0) is 80.4 Å². The Hall–Kier alpha value is -3.72. The standard InChI is InChI=1S/C27H24F4N4O/c28-19-7-10-21(23(16-19)27(29,30)31)24-17-35-14-3-4-22(25(35)33-24)26(36)32-20-8-5-18(6-9-20)11-15-34-12-1-2-13-34/h3-10,14,16-17H,1-2,11-13,15H2,(H,32,36). The van der Waals surface area contributed by atoms with Crippen molar-refractivity contribution in [3.8, 4) is 11.3 Å². The van der Waals surface area contributed by atoms with Crippen LogP contribution in [0.5, 0.6) is 0 Å². The first-order chi connectivity index (χ1) is 17.3. The average Bonchev–Trinajstić information content (AvgIpc) is 3.53. The second-order valence-electron chi connectivity index (χ2n) is 8.92. The molecule has 0 spiro atoms. The van der Waals surface area contributed by atoms with Crippen LogP contribution in [-0.4, -0.2) is 39.8 Å². The first kappa shape index (κ1) is 24.0. The molecule has 0 saturated carbocycles. The summed E-state index contributed by atoms with van der Waals surface area (Å²) in [5.41, 5.74) is 0.800. The Morgan fingerprint density at radius 1 is 1.03 bits per heavy atom. The van der Waals surface area contributed by atoms with E-state index in [1.165, 1.54) is 29.0 Å². The highest BCUT2D eigenvalue weighted by molar-refractivity contribution is 6.08. The number of carbonyl (C=O) groups excluding carboxylic acids is 1. The number of hydrogen-bond donors (Lipinski definition) is 1. The molecule has 5 nitrogen and oxygen atoms in total. The zero-order valence-corrected chi connectivity index (χ0v) is 19.4. The number of amides is 1. The Morgan fingerprint density at radius 2 is 1.78 bits per heavy atom. The number of imidazole rings is 1. The molecule has 36 heavy (non-hydrogen) atoms. The van der Waals surface area contributed by atoms with Crippen molar-refractivity contribution in [3.63, 3.8) is 0 Å². The van der Waals surface area contributed by atoms with Gasteiger partial charge in [0.15, 0.2) is 0 Å². The SMILES string of the molecule is O=C(Nc1ccc(CCN2CCCC2)cc1)c1cccn2cc(-c3ccc(F)cc3C(F)(F)F)nc12. The third-order valence-electron chi connectivity index (χ3n) is 6.42. The first-order valence-electron chi connectivity index (χ1n) is 11.8. The summed E-state index contributed by atoms with van der Waals surface area (Å²) in [6, 6.07) is 13.3. The van der Waals surface area contributed by atoms with Gasteiger partial charge in [0.2, 0.25) is 0 Å². The largest absolute Gasteiger partial charge is 0.417 e. The number of alkyl halides is 3. The summed E-state index contributed by atoms with van der Waals surface area (Å²) in [5.74, 6) is -1.42. The number of pyridine rings is 1. The van der Waals surface area contributed by atoms with Gasteiger partial charge in [-0.2, -0.15) is 13.2 Å². The molecule has 0 radical (unpaired) electrons. The summed E-state index contributed by atoms with van der Waals surface area (Å²) in [7, 11) is 0. The Kier molecular flexibility index (Phi) is 6.49. The molecule has 2 aromatic heterocycles. The van der Waals surface area contributed by atoms with Crippen LogP contribution in [0.1, 0.15) is 34.3 Å². The van der Waals surface area contributed by atoms with Crippen molar-refractivity contribution in [3.05, 3.63) is 89.5 Å². The molecular formula is C27H24F4N4O. The maximum Gasteiger partial charge on any atom is 0.417 e. The number of hydrogen-bond acceptors (Lipinski definition) is 3. The molecular weight excluding hydrogens is 472 g/mol. The van der Waals surface area contributed by atoms with Crippen molar-refractivity contribution in [2.45, 2.75) is 25.4 Å². The van der Waals surface area contributed by atoms with Crippen LogP contribution >= 0.6 is 0 Å². The number of aromatic nitrogens is 2. The number of halogens is 4. The lowest BCUT2D eigenvalue weighted by molar-refractivity contribution is -0.137. The summed E-state index contributed by atoms with van der Waals surface area (Å²) in [6.07, 6.45) is 1.67. The van der Waals surface area contributed by atoms with E-state index in [9.17, 15) is 22.4 Å². The van der Waals surface area contributed by atoms with E-state index in [-0.39, 0.29) is 22.5 Å². The van der Waals surface area contributed by atoms with Gasteiger partial charge in [0, 0.05) is 30.2 Å². The lowest BCUT2D eigenvalue weighted by Crippen LogP contribution is -2.21. The number of nitrogens with zero attached hydrogens (tertiary/aromatic N) is 3. The van der Waals surface area contributed by atoms with Crippen LogP contribution in [0.3, 0.4) is 0 Å². The molecule has 0 bridgehead atoms. The topological polar surface area (TPSA) is 49.6 Å². The number of rotatable bonds is 6. The van der Waals surface area contributed by atoms with Gasteiger partial charge >= 0.3 is 6.18 Å². The number of nitrogens with one attached hydrogen (secondary N) is 1. The van der Waals surface area contributed by atoms with E-state index < -0.39 is 23.5 Å². The van der Waals surface area contributed by atoms with E-state index in [4.69, 9.17) is 0 Å². The van der Waals surface area contributed by atoms with Gasteiger partial charge < -0.3 is 14.6 Å². The van der Waals surface area contributed by atoms with Crippen molar-refractivity contribution in [2.75, 3.05) is 25.0 Å². The van der Waals surface area contributed by atoms with E-state index in [0.29, 0.717) is 11.8 Å². The molecule has 0 atom stereocenters. The summed E-state index contributed by atoms with van der Waals surface area (Å²) in [6.45, 7) is 3.31. The zero-order chi connectivity index (χ0) is 25.3. The molecule has 186 valence electrons. The van der Waals surface area contributed by atoms with Gasteiger partial charge in [-0.1, -0.05) is 12.1 Å². The molecule has 4 aromatic rings. The minimum Gasteiger partial charge on any atom is -0.322 e. The molecule has 5 rings (SSSR count). The highest BCUT2D eigenvalue weighted by atomic mass is 19.4. The minimum atomic E-state index is -4.76. The Morgan fingerprint density at radius 3 is 2.50 bits per heavy atom. The average molecular weight is 497 g/mol. The van der Waals surface area contributed by atoms with E-state index in [1.807, 2.05) is 24.3 Å². The molecule has 0 aliphatic carbocycles. The van der Waals surface area contributed by atoms with Gasteiger partial charge in [-0.15, -0.1) is 0 Å². The lowest BCUT2D eigenvalue weighted by Gasteiger charge is -2.14. The quantitative estimate of drug-likeness (QED) is 0.331. The van der Waals surface area contributed by atoms with Crippen molar-refractivity contribution in [2.24, 2.45) is 0 Å². The van der Waals surface area contributed by atoms with E-state index >= 15 is 0 Å². The number of anilines is 1. The van der Waals surface area contributed by atoms with Crippen molar-refractivity contribution < 1.29 is 22.4 Å². The zero-order valence-electron chi connectivity index (χ0n) is 19.4. The Bertz CT molecular complexity index is 1390. The normalized spacial score (nSPS) is 14.4. The number of carbonyl (C=O) groups is 1. The molecule has 1 saturated heterocycles. The van der Waals surface area contributed by atoms with Crippen molar-refractivity contribution in [1.29, 1.82) is 0 Å². The van der Waals surface area contributed by atoms with Crippen LogP contribution in [0, 0.1) is 5.82 Å².